The quantitative estimate of drug-likeness (QED) is 0.631. The van der Waals surface area contributed by atoms with Crippen molar-refractivity contribution in [3.8, 4) is 0 Å². The van der Waals surface area contributed by atoms with E-state index in [0.717, 1.165) is 19.5 Å². The highest BCUT2D eigenvalue weighted by atomic mass is 15.0. The van der Waals surface area contributed by atoms with Gasteiger partial charge in [0, 0.05) is 25.0 Å². The van der Waals surface area contributed by atoms with Crippen molar-refractivity contribution < 1.29 is 0 Å². The van der Waals surface area contributed by atoms with E-state index in [-0.39, 0.29) is 0 Å². The Bertz CT molecular complexity index is 200. The first kappa shape index (κ1) is 9.00. The van der Waals surface area contributed by atoms with Gasteiger partial charge < -0.3 is 11.1 Å². The van der Waals surface area contributed by atoms with E-state index in [0.29, 0.717) is 12.0 Å². The SMILES string of the molecule is N[C@@H]1CCC[C@H](C2=NCCCN2)C1. The van der Waals surface area contributed by atoms with E-state index in [2.05, 4.69) is 10.3 Å². The van der Waals surface area contributed by atoms with E-state index in [4.69, 9.17) is 5.73 Å². The Morgan fingerprint density at radius 2 is 2.23 bits per heavy atom. The summed E-state index contributed by atoms with van der Waals surface area (Å²) >= 11 is 0. The predicted molar refractivity (Wildman–Crippen MR) is 54.9 cm³/mol. The minimum Gasteiger partial charge on any atom is -0.374 e. The Morgan fingerprint density at radius 1 is 1.31 bits per heavy atom. The van der Waals surface area contributed by atoms with Crippen LogP contribution >= 0.6 is 0 Å². The monoisotopic (exact) mass is 181 g/mol. The van der Waals surface area contributed by atoms with Crippen LogP contribution in [-0.2, 0) is 0 Å². The molecule has 2 atom stereocenters. The van der Waals surface area contributed by atoms with E-state index >= 15 is 0 Å². The summed E-state index contributed by atoms with van der Waals surface area (Å²) < 4.78 is 0. The fraction of sp³-hybridized carbons (Fsp3) is 0.900. The number of hydrogen-bond acceptors (Lipinski definition) is 3. The number of nitrogens with zero attached hydrogens (tertiary/aromatic N) is 1. The van der Waals surface area contributed by atoms with E-state index in [1.165, 1.54) is 31.5 Å². The topological polar surface area (TPSA) is 50.4 Å². The summed E-state index contributed by atoms with van der Waals surface area (Å²) in [4.78, 5) is 4.54. The second-order valence-corrected chi connectivity index (χ2v) is 4.17. The van der Waals surface area contributed by atoms with Gasteiger partial charge in [0.2, 0.25) is 0 Å². The molecule has 3 nitrogen and oxygen atoms in total. The van der Waals surface area contributed by atoms with Crippen LogP contribution in [0.4, 0.5) is 0 Å². The molecule has 0 radical (unpaired) electrons. The van der Waals surface area contributed by atoms with Crippen molar-refractivity contribution in [2.24, 2.45) is 16.6 Å². The molecule has 0 aromatic rings. The van der Waals surface area contributed by atoms with Crippen LogP contribution < -0.4 is 11.1 Å². The van der Waals surface area contributed by atoms with Crippen LogP contribution in [0.15, 0.2) is 4.99 Å². The highest BCUT2D eigenvalue weighted by Crippen LogP contribution is 2.24. The molecule has 0 bridgehead atoms. The lowest BCUT2D eigenvalue weighted by atomic mass is 9.85. The predicted octanol–water partition coefficient (Wildman–Crippen LogP) is 0.896. The number of amidine groups is 1. The van der Waals surface area contributed by atoms with Crippen LogP contribution in [0.25, 0.3) is 0 Å². The number of hydrogen-bond donors (Lipinski definition) is 2. The van der Waals surface area contributed by atoms with Gasteiger partial charge in [0.1, 0.15) is 0 Å². The lowest BCUT2D eigenvalue weighted by molar-refractivity contribution is 0.380. The zero-order valence-electron chi connectivity index (χ0n) is 8.13. The third kappa shape index (κ3) is 2.21. The Morgan fingerprint density at radius 3 is 2.92 bits per heavy atom. The zero-order chi connectivity index (χ0) is 9.10. The first-order valence-corrected chi connectivity index (χ1v) is 5.40. The van der Waals surface area contributed by atoms with Gasteiger partial charge in [-0.3, -0.25) is 4.99 Å². The molecular weight excluding hydrogens is 162 g/mol. The maximum Gasteiger partial charge on any atom is 0.0994 e. The molecule has 1 aliphatic heterocycles. The van der Waals surface area contributed by atoms with Gasteiger partial charge in [0.25, 0.3) is 0 Å². The third-order valence-corrected chi connectivity index (χ3v) is 3.02. The van der Waals surface area contributed by atoms with E-state index in [1.807, 2.05) is 0 Å². The minimum atomic E-state index is 0.408. The molecule has 1 fully saturated rings. The largest absolute Gasteiger partial charge is 0.374 e. The lowest BCUT2D eigenvalue weighted by Crippen LogP contribution is -2.40. The molecule has 2 aliphatic rings. The van der Waals surface area contributed by atoms with Crippen molar-refractivity contribution in [2.45, 2.75) is 38.1 Å². The Labute approximate surface area is 79.8 Å². The van der Waals surface area contributed by atoms with Crippen molar-refractivity contribution in [1.29, 1.82) is 0 Å². The summed E-state index contributed by atoms with van der Waals surface area (Å²) in [5.41, 5.74) is 5.95. The van der Waals surface area contributed by atoms with E-state index in [9.17, 15) is 0 Å². The number of nitrogens with one attached hydrogen (secondary N) is 1. The number of rotatable bonds is 1. The maximum atomic E-state index is 5.95. The highest BCUT2D eigenvalue weighted by molar-refractivity contribution is 5.85. The molecule has 0 spiro atoms. The molecule has 0 saturated heterocycles. The molecule has 3 N–H and O–H groups in total. The van der Waals surface area contributed by atoms with Gasteiger partial charge in [-0.05, 0) is 25.7 Å². The standard InChI is InChI=1S/C10H19N3/c11-9-4-1-3-8(7-9)10-12-5-2-6-13-10/h8-9H,1-7,11H2,(H,12,13)/t8-,9+/m0/s1. The summed E-state index contributed by atoms with van der Waals surface area (Å²) in [5.74, 6) is 1.87. The van der Waals surface area contributed by atoms with Crippen LogP contribution in [0.1, 0.15) is 32.1 Å². The Kier molecular flexibility index (Phi) is 2.83. The van der Waals surface area contributed by atoms with Gasteiger partial charge in [-0.2, -0.15) is 0 Å². The zero-order valence-corrected chi connectivity index (χ0v) is 8.13. The molecule has 2 rings (SSSR count). The molecule has 1 aliphatic carbocycles. The van der Waals surface area contributed by atoms with Crippen molar-refractivity contribution in [3.63, 3.8) is 0 Å². The molecule has 3 heteroatoms. The maximum absolute atomic E-state index is 5.95. The van der Waals surface area contributed by atoms with Gasteiger partial charge in [0.15, 0.2) is 0 Å². The second kappa shape index (κ2) is 4.09. The molecule has 1 saturated carbocycles. The van der Waals surface area contributed by atoms with Gasteiger partial charge in [-0.1, -0.05) is 6.42 Å². The molecule has 1 heterocycles. The molecule has 0 aromatic carbocycles. The molecule has 13 heavy (non-hydrogen) atoms. The second-order valence-electron chi connectivity index (χ2n) is 4.17. The average molecular weight is 181 g/mol. The molecule has 74 valence electrons. The van der Waals surface area contributed by atoms with Crippen molar-refractivity contribution in [1.82, 2.24) is 5.32 Å². The van der Waals surface area contributed by atoms with Crippen LogP contribution in [0.3, 0.4) is 0 Å². The fourth-order valence-electron chi connectivity index (χ4n) is 2.30. The number of nitrogens with two attached hydrogens (primary N) is 1. The summed E-state index contributed by atoms with van der Waals surface area (Å²) in [7, 11) is 0. The third-order valence-electron chi connectivity index (χ3n) is 3.02. The van der Waals surface area contributed by atoms with Crippen LogP contribution in [-0.4, -0.2) is 25.0 Å². The van der Waals surface area contributed by atoms with Gasteiger partial charge in [-0.25, -0.2) is 0 Å². The Balaban J connectivity index is 1.94. The fourth-order valence-corrected chi connectivity index (χ4v) is 2.30. The van der Waals surface area contributed by atoms with E-state index < -0.39 is 0 Å². The molecule has 0 amide bonds. The highest BCUT2D eigenvalue weighted by Gasteiger charge is 2.24. The van der Waals surface area contributed by atoms with Crippen molar-refractivity contribution >= 4 is 5.84 Å². The smallest absolute Gasteiger partial charge is 0.0994 e. The lowest BCUT2D eigenvalue weighted by Gasteiger charge is -2.29. The molecule has 0 unspecified atom stereocenters. The molecular formula is C10H19N3. The van der Waals surface area contributed by atoms with Crippen LogP contribution in [0, 0.1) is 5.92 Å². The normalized spacial score (nSPS) is 35.0. The average Bonchev–Trinajstić information content (AvgIpc) is 2.19. The van der Waals surface area contributed by atoms with Gasteiger partial charge >= 0.3 is 0 Å². The molecule has 0 aromatic heterocycles. The van der Waals surface area contributed by atoms with Crippen molar-refractivity contribution in [3.05, 3.63) is 0 Å². The Hall–Kier alpha value is -0.570. The van der Waals surface area contributed by atoms with E-state index in [1.54, 1.807) is 0 Å². The van der Waals surface area contributed by atoms with Crippen LogP contribution in [0.2, 0.25) is 0 Å². The first-order valence-electron chi connectivity index (χ1n) is 5.40. The van der Waals surface area contributed by atoms with Crippen molar-refractivity contribution in [2.75, 3.05) is 13.1 Å². The summed E-state index contributed by atoms with van der Waals surface area (Å²) in [6.07, 6.45) is 6.06. The van der Waals surface area contributed by atoms with Gasteiger partial charge in [0.05, 0.1) is 5.84 Å². The van der Waals surface area contributed by atoms with Gasteiger partial charge in [-0.15, -0.1) is 0 Å². The summed E-state index contributed by atoms with van der Waals surface area (Å²) in [5, 5.41) is 3.40. The minimum absolute atomic E-state index is 0.408. The number of aliphatic imine (C=N–C) groups is 1. The summed E-state index contributed by atoms with van der Waals surface area (Å²) in [6.45, 7) is 2.11. The first-order chi connectivity index (χ1) is 6.36. The van der Waals surface area contributed by atoms with Crippen LogP contribution in [0.5, 0.6) is 0 Å². The summed E-state index contributed by atoms with van der Waals surface area (Å²) in [6, 6.07) is 0.408.